The van der Waals surface area contributed by atoms with E-state index < -0.39 is 0 Å². The van der Waals surface area contributed by atoms with Gasteiger partial charge in [-0.1, -0.05) is 24.1 Å². The van der Waals surface area contributed by atoms with Crippen molar-refractivity contribution in [2.45, 2.75) is 37.0 Å². The van der Waals surface area contributed by atoms with Gasteiger partial charge in [-0.3, -0.25) is 0 Å². The summed E-state index contributed by atoms with van der Waals surface area (Å²) in [5.74, 6) is 0.592. The molecule has 1 aliphatic carbocycles. The van der Waals surface area contributed by atoms with Gasteiger partial charge in [-0.25, -0.2) is 4.98 Å². The number of thioether (sulfide) groups is 1. The Kier molecular flexibility index (Phi) is 3.63. The second kappa shape index (κ2) is 5.25. The van der Waals surface area contributed by atoms with E-state index in [9.17, 15) is 0 Å². The lowest BCUT2D eigenvalue weighted by atomic mass is 9.94. The predicted octanol–water partition coefficient (Wildman–Crippen LogP) is 4.12. The van der Waals surface area contributed by atoms with E-state index in [1.54, 1.807) is 0 Å². The lowest BCUT2D eigenvalue weighted by Crippen LogP contribution is -2.21. The van der Waals surface area contributed by atoms with Crippen LogP contribution in [0.3, 0.4) is 0 Å². The van der Waals surface area contributed by atoms with E-state index in [4.69, 9.17) is 17.3 Å². The fourth-order valence-corrected chi connectivity index (χ4v) is 4.14. The van der Waals surface area contributed by atoms with Crippen molar-refractivity contribution < 1.29 is 0 Å². The fraction of sp³-hybridized carbons (Fsp3) is 0.500. The number of rotatable bonds is 2. The van der Waals surface area contributed by atoms with E-state index in [0.717, 1.165) is 34.1 Å². The maximum atomic E-state index is 6.34. The van der Waals surface area contributed by atoms with Gasteiger partial charge in [-0.05, 0) is 37.7 Å². The van der Waals surface area contributed by atoms with E-state index in [1.165, 1.54) is 12.8 Å². The summed E-state index contributed by atoms with van der Waals surface area (Å²) in [7, 11) is 0. The molecule has 0 radical (unpaired) electrons. The predicted molar refractivity (Wildman–Crippen MR) is 84.0 cm³/mol. The molecule has 2 N–H and O–H groups in total. The van der Waals surface area contributed by atoms with Crippen molar-refractivity contribution in [1.29, 1.82) is 0 Å². The standard InChI is InChI=1S/C14H18ClN3S/c1-19-10-5-2-4-9(8-10)18-13-11(15)6-3-7-12(13)17-14(18)16/h3,6-7,9-10H,2,4-5,8H2,1H3,(H2,16,17). The highest BCUT2D eigenvalue weighted by Gasteiger charge is 2.26. The van der Waals surface area contributed by atoms with Crippen LogP contribution >= 0.6 is 23.4 Å². The van der Waals surface area contributed by atoms with Gasteiger partial charge in [0, 0.05) is 11.3 Å². The zero-order valence-corrected chi connectivity index (χ0v) is 12.5. The molecule has 5 heteroatoms. The lowest BCUT2D eigenvalue weighted by molar-refractivity contribution is 0.371. The van der Waals surface area contributed by atoms with Crippen LogP contribution in [0.5, 0.6) is 0 Å². The van der Waals surface area contributed by atoms with Crippen molar-refractivity contribution in [2.75, 3.05) is 12.0 Å². The summed E-state index contributed by atoms with van der Waals surface area (Å²) in [4.78, 5) is 4.45. The first-order valence-electron chi connectivity index (χ1n) is 6.65. The monoisotopic (exact) mass is 295 g/mol. The van der Waals surface area contributed by atoms with Crippen LogP contribution in [0.2, 0.25) is 5.02 Å². The first-order valence-corrected chi connectivity index (χ1v) is 8.32. The highest BCUT2D eigenvalue weighted by atomic mass is 35.5. The Bertz CT molecular complexity index is 596. The molecule has 19 heavy (non-hydrogen) atoms. The number of nitrogen functional groups attached to an aromatic ring is 1. The van der Waals surface area contributed by atoms with E-state index in [2.05, 4.69) is 15.8 Å². The molecular weight excluding hydrogens is 278 g/mol. The van der Waals surface area contributed by atoms with Gasteiger partial charge in [0.25, 0.3) is 0 Å². The fourth-order valence-electron chi connectivity index (χ4n) is 3.06. The van der Waals surface area contributed by atoms with Gasteiger partial charge in [0.2, 0.25) is 5.95 Å². The molecule has 1 saturated carbocycles. The molecule has 0 spiro atoms. The highest BCUT2D eigenvalue weighted by molar-refractivity contribution is 7.99. The summed E-state index contributed by atoms with van der Waals surface area (Å²) in [5, 5.41) is 1.46. The molecule has 102 valence electrons. The maximum Gasteiger partial charge on any atom is 0.201 e. The van der Waals surface area contributed by atoms with E-state index >= 15 is 0 Å². The summed E-state index contributed by atoms with van der Waals surface area (Å²) in [5.41, 5.74) is 8.02. The molecule has 3 nitrogen and oxygen atoms in total. The van der Waals surface area contributed by atoms with Gasteiger partial charge in [-0.15, -0.1) is 0 Å². The molecule has 1 aliphatic rings. The number of imidazole rings is 1. The second-order valence-corrected chi connectivity index (χ2v) is 6.67. The molecule has 0 amide bonds. The summed E-state index contributed by atoms with van der Waals surface area (Å²) in [6.07, 6.45) is 7.06. The molecule has 2 atom stereocenters. The molecule has 0 aliphatic heterocycles. The molecule has 1 aromatic heterocycles. The molecule has 2 unspecified atom stereocenters. The summed E-state index contributed by atoms with van der Waals surface area (Å²) < 4.78 is 2.15. The molecule has 0 saturated heterocycles. The van der Waals surface area contributed by atoms with Gasteiger partial charge >= 0.3 is 0 Å². The van der Waals surface area contributed by atoms with Gasteiger partial charge in [-0.2, -0.15) is 11.8 Å². The molecule has 0 bridgehead atoms. The molecular formula is C14H18ClN3S. The van der Waals surface area contributed by atoms with Crippen molar-refractivity contribution in [3.63, 3.8) is 0 Å². The van der Waals surface area contributed by atoms with E-state index in [1.807, 2.05) is 30.0 Å². The number of hydrogen-bond donors (Lipinski definition) is 1. The van der Waals surface area contributed by atoms with Crippen LogP contribution in [-0.2, 0) is 0 Å². The summed E-state index contributed by atoms with van der Waals surface area (Å²) in [6, 6.07) is 6.24. The molecule has 1 heterocycles. The first-order chi connectivity index (χ1) is 9.20. The van der Waals surface area contributed by atoms with Crippen molar-refractivity contribution in [2.24, 2.45) is 0 Å². The van der Waals surface area contributed by atoms with Crippen molar-refractivity contribution >= 4 is 40.3 Å². The average Bonchev–Trinajstić information content (AvgIpc) is 2.76. The van der Waals surface area contributed by atoms with Crippen LogP contribution in [0.1, 0.15) is 31.7 Å². The number of para-hydroxylation sites is 1. The minimum atomic E-state index is 0.427. The third-order valence-corrected chi connectivity index (χ3v) is 5.38. The van der Waals surface area contributed by atoms with Crippen LogP contribution in [-0.4, -0.2) is 21.1 Å². The van der Waals surface area contributed by atoms with Crippen LogP contribution in [0.25, 0.3) is 11.0 Å². The molecule has 3 rings (SSSR count). The largest absolute Gasteiger partial charge is 0.369 e. The molecule has 1 aromatic carbocycles. The Morgan fingerprint density at radius 3 is 3.05 bits per heavy atom. The van der Waals surface area contributed by atoms with E-state index in [0.29, 0.717) is 12.0 Å². The van der Waals surface area contributed by atoms with Gasteiger partial charge in [0.15, 0.2) is 0 Å². The molecule has 2 aromatic rings. The lowest BCUT2D eigenvalue weighted by Gasteiger charge is -2.30. The number of anilines is 1. The number of halogens is 1. The van der Waals surface area contributed by atoms with Gasteiger partial charge < -0.3 is 10.3 Å². The second-order valence-electron chi connectivity index (χ2n) is 5.13. The number of nitrogens with zero attached hydrogens (tertiary/aromatic N) is 2. The number of aromatic nitrogens is 2. The summed E-state index contributed by atoms with van der Waals surface area (Å²) >= 11 is 8.30. The number of benzene rings is 1. The maximum absolute atomic E-state index is 6.34. The Morgan fingerprint density at radius 1 is 1.42 bits per heavy atom. The van der Waals surface area contributed by atoms with E-state index in [-0.39, 0.29) is 0 Å². The SMILES string of the molecule is CSC1CCCC(n2c(N)nc3cccc(Cl)c32)C1. The van der Waals surface area contributed by atoms with Crippen LogP contribution in [0.15, 0.2) is 18.2 Å². The Balaban J connectivity index is 2.06. The zero-order valence-electron chi connectivity index (χ0n) is 11.0. The van der Waals surface area contributed by atoms with Crippen LogP contribution in [0.4, 0.5) is 5.95 Å². The third kappa shape index (κ3) is 2.32. The minimum absolute atomic E-state index is 0.427. The van der Waals surface area contributed by atoms with Crippen LogP contribution < -0.4 is 5.73 Å². The Labute approximate surface area is 122 Å². The highest BCUT2D eigenvalue weighted by Crippen LogP contribution is 2.38. The van der Waals surface area contributed by atoms with Crippen molar-refractivity contribution in [3.05, 3.63) is 23.2 Å². The quantitative estimate of drug-likeness (QED) is 0.906. The number of hydrogen-bond acceptors (Lipinski definition) is 3. The minimum Gasteiger partial charge on any atom is -0.369 e. The first kappa shape index (κ1) is 13.1. The van der Waals surface area contributed by atoms with Crippen molar-refractivity contribution in [1.82, 2.24) is 9.55 Å². The van der Waals surface area contributed by atoms with Crippen LogP contribution in [0, 0.1) is 0 Å². The van der Waals surface area contributed by atoms with Gasteiger partial charge in [0.1, 0.15) is 0 Å². The van der Waals surface area contributed by atoms with Gasteiger partial charge in [0.05, 0.1) is 16.1 Å². The normalized spacial score (nSPS) is 23.9. The Morgan fingerprint density at radius 2 is 2.26 bits per heavy atom. The zero-order chi connectivity index (χ0) is 13.4. The Hall–Kier alpha value is -0.870. The van der Waals surface area contributed by atoms with Crippen molar-refractivity contribution in [3.8, 4) is 0 Å². The molecule has 1 fully saturated rings. The topological polar surface area (TPSA) is 43.8 Å². The smallest absolute Gasteiger partial charge is 0.201 e. The third-order valence-electron chi connectivity index (χ3n) is 3.99. The summed E-state index contributed by atoms with van der Waals surface area (Å²) in [6.45, 7) is 0. The number of fused-ring (bicyclic) bond motifs is 1. The average molecular weight is 296 g/mol. The number of nitrogens with two attached hydrogens (primary N) is 1.